The van der Waals surface area contributed by atoms with Crippen LogP contribution in [-0.2, 0) is 24.6 Å². The predicted octanol–water partition coefficient (Wildman–Crippen LogP) is 11.4. The summed E-state index contributed by atoms with van der Waals surface area (Å²) < 4.78 is 13.9. The third-order valence-electron chi connectivity index (χ3n) is 13.0. The number of nitrogens with one attached hydrogen (secondary N) is 2. The number of carbonyl (C=O) groups excluding carboxylic acids is 3. The van der Waals surface area contributed by atoms with Crippen molar-refractivity contribution in [3.63, 3.8) is 0 Å². The first-order valence-electron chi connectivity index (χ1n) is 25.3. The Hall–Kier alpha value is -5.91. The Labute approximate surface area is 404 Å². The van der Waals surface area contributed by atoms with E-state index in [-0.39, 0.29) is 43.6 Å². The highest BCUT2D eigenvalue weighted by Crippen LogP contribution is 2.44. The minimum absolute atomic E-state index is 0.0331. The Bertz CT molecular complexity index is 2190. The molecule has 0 unspecified atom stereocenters. The molecule has 11 nitrogen and oxygen atoms in total. The minimum atomic E-state index is -0.864. The molecule has 5 aromatic rings. The normalized spacial score (nSPS) is 15.1. The highest BCUT2D eigenvalue weighted by atomic mass is 16.6. The standard InChI is InChI=1S/C57H73N5O6/c1-2-3-4-5-6-7-8-9-10-11-12-13-14-15-16-29-41-58-52(63)38-39-54(64)67-45-50-43-61(44-53(68-50)62-42-40-51(60-56(62)66)59-55(65)46-30-21-17-22-31-46)57(47-32-23-18-24-33-47,48-34-25-19-26-35-48)49-36-27-20-28-37-49/h17-28,30-37,40,42,50,53H,2-16,29,38-39,41,43-45H2,1H3,(H,58,63)(H,59,60,65,66)/t50-,53+/m0/s1. The van der Waals surface area contributed by atoms with E-state index in [1.165, 1.54) is 94.5 Å². The van der Waals surface area contributed by atoms with Crippen LogP contribution in [0.3, 0.4) is 0 Å². The molecule has 0 spiro atoms. The molecule has 0 saturated carbocycles. The topological polar surface area (TPSA) is 132 Å². The van der Waals surface area contributed by atoms with Crippen LogP contribution in [0.1, 0.15) is 156 Å². The SMILES string of the molecule is CCCCCCCCCCCCCCCCCCNC(=O)CCC(=O)OC[C@@H]1CN(C(c2ccccc2)(c2ccccc2)c2ccccc2)C[C@H](n2ccc(NC(=O)c3ccccc3)nc2=O)O1. The molecule has 1 aliphatic rings. The summed E-state index contributed by atoms with van der Waals surface area (Å²) in [7, 11) is 0. The third kappa shape index (κ3) is 15.6. The summed E-state index contributed by atoms with van der Waals surface area (Å²) >= 11 is 0. The molecule has 2 heterocycles. The molecule has 2 amide bonds. The van der Waals surface area contributed by atoms with Crippen LogP contribution in [0.25, 0.3) is 0 Å². The van der Waals surface area contributed by atoms with E-state index < -0.39 is 29.5 Å². The van der Waals surface area contributed by atoms with Gasteiger partial charge in [0.2, 0.25) is 5.91 Å². The van der Waals surface area contributed by atoms with Crippen molar-refractivity contribution >= 4 is 23.6 Å². The second-order valence-electron chi connectivity index (χ2n) is 18.1. The van der Waals surface area contributed by atoms with Gasteiger partial charge in [-0.1, -0.05) is 212 Å². The van der Waals surface area contributed by atoms with E-state index in [0.717, 1.165) is 29.5 Å². The zero-order valence-electron chi connectivity index (χ0n) is 40.2. The van der Waals surface area contributed by atoms with Crippen molar-refractivity contribution in [2.45, 2.75) is 140 Å². The zero-order chi connectivity index (χ0) is 47.7. The molecule has 1 fully saturated rings. The molecule has 6 rings (SSSR count). The van der Waals surface area contributed by atoms with Gasteiger partial charge in [-0.15, -0.1) is 0 Å². The molecule has 1 aliphatic heterocycles. The number of benzene rings is 4. The lowest BCUT2D eigenvalue weighted by Crippen LogP contribution is -2.58. The van der Waals surface area contributed by atoms with Crippen LogP contribution in [0, 0.1) is 0 Å². The summed E-state index contributed by atoms with van der Waals surface area (Å²) in [5.74, 6) is -0.947. The van der Waals surface area contributed by atoms with Gasteiger partial charge in [-0.2, -0.15) is 4.98 Å². The summed E-state index contributed by atoms with van der Waals surface area (Å²) in [6, 6.07) is 40.9. The highest BCUT2D eigenvalue weighted by Gasteiger charge is 2.46. The lowest BCUT2D eigenvalue weighted by Gasteiger charge is -2.50. The molecule has 2 N–H and O–H groups in total. The molecule has 1 aromatic heterocycles. The fraction of sp³-hybridized carbons (Fsp3) is 0.456. The minimum Gasteiger partial charge on any atom is -0.463 e. The summed E-state index contributed by atoms with van der Waals surface area (Å²) in [6.07, 6.45) is 20.7. The number of amides is 2. The van der Waals surface area contributed by atoms with Crippen molar-refractivity contribution in [1.82, 2.24) is 19.8 Å². The van der Waals surface area contributed by atoms with Gasteiger partial charge in [0.15, 0.2) is 6.23 Å². The molecule has 68 heavy (non-hydrogen) atoms. The maximum absolute atomic E-state index is 13.9. The van der Waals surface area contributed by atoms with Crippen LogP contribution in [0.2, 0.25) is 0 Å². The number of hydrogen-bond donors (Lipinski definition) is 2. The summed E-state index contributed by atoms with van der Waals surface area (Å²) in [5, 5.41) is 5.70. The van der Waals surface area contributed by atoms with Crippen molar-refractivity contribution < 1.29 is 23.9 Å². The molecule has 0 bridgehead atoms. The predicted molar refractivity (Wildman–Crippen MR) is 270 cm³/mol. The Morgan fingerprint density at radius 1 is 0.632 bits per heavy atom. The van der Waals surface area contributed by atoms with E-state index in [2.05, 4.69) is 63.8 Å². The van der Waals surface area contributed by atoms with E-state index >= 15 is 0 Å². The quantitative estimate of drug-likeness (QED) is 0.0275. The average Bonchev–Trinajstić information content (AvgIpc) is 3.37. The van der Waals surface area contributed by atoms with Crippen molar-refractivity contribution in [3.05, 3.63) is 166 Å². The highest BCUT2D eigenvalue weighted by molar-refractivity contribution is 6.03. The molecule has 11 heteroatoms. The zero-order valence-corrected chi connectivity index (χ0v) is 40.2. The van der Waals surface area contributed by atoms with Crippen LogP contribution >= 0.6 is 0 Å². The molecule has 4 aromatic carbocycles. The Balaban J connectivity index is 1.04. The van der Waals surface area contributed by atoms with Gasteiger partial charge in [0.1, 0.15) is 18.5 Å². The summed E-state index contributed by atoms with van der Waals surface area (Å²) in [6.45, 7) is 3.34. The van der Waals surface area contributed by atoms with Gasteiger partial charge >= 0.3 is 11.7 Å². The molecule has 362 valence electrons. The van der Waals surface area contributed by atoms with Crippen LogP contribution in [0.15, 0.2) is 138 Å². The first-order chi connectivity index (χ1) is 33.4. The van der Waals surface area contributed by atoms with Crippen LogP contribution < -0.4 is 16.3 Å². The Morgan fingerprint density at radius 3 is 1.62 bits per heavy atom. The lowest BCUT2D eigenvalue weighted by molar-refractivity contribution is -0.170. The van der Waals surface area contributed by atoms with Gasteiger partial charge < -0.3 is 20.1 Å². The van der Waals surface area contributed by atoms with Crippen LogP contribution in [0.4, 0.5) is 5.82 Å². The maximum Gasteiger partial charge on any atom is 0.351 e. The monoisotopic (exact) mass is 924 g/mol. The smallest absolute Gasteiger partial charge is 0.351 e. The second-order valence-corrected chi connectivity index (χ2v) is 18.1. The van der Waals surface area contributed by atoms with Gasteiger partial charge in [-0.25, -0.2) is 4.79 Å². The Kier molecular flexibility index (Phi) is 21.5. The number of anilines is 1. The fourth-order valence-corrected chi connectivity index (χ4v) is 9.36. The van der Waals surface area contributed by atoms with Gasteiger partial charge in [0, 0.05) is 37.8 Å². The van der Waals surface area contributed by atoms with Crippen LogP contribution in [-0.4, -0.2) is 64.6 Å². The molecular formula is C57H73N5O6. The van der Waals surface area contributed by atoms with E-state index in [9.17, 15) is 19.2 Å². The van der Waals surface area contributed by atoms with Gasteiger partial charge in [-0.3, -0.25) is 23.9 Å². The first-order valence-corrected chi connectivity index (χ1v) is 25.3. The molecule has 2 atom stereocenters. The third-order valence-corrected chi connectivity index (χ3v) is 13.0. The van der Waals surface area contributed by atoms with Crippen molar-refractivity contribution in [2.24, 2.45) is 0 Å². The van der Waals surface area contributed by atoms with E-state index in [1.54, 1.807) is 36.5 Å². The molecule has 0 radical (unpaired) electrons. The van der Waals surface area contributed by atoms with Crippen molar-refractivity contribution in [2.75, 3.05) is 31.6 Å². The van der Waals surface area contributed by atoms with Crippen LogP contribution in [0.5, 0.6) is 0 Å². The van der Waals surface area contributed by atoms with E-state index in [1.807, 2.05) is 60.7 Å². The number of rotatable bonds is 29. The number of esters is 1. The first kappa shape index (κ1) is 51.5. The number of morpholine rings is 1. The Morgan fingerprint density at radius 2 is 1.12 bits per heavy atom. The average molecular weight is 924 g/mol. The number of ether oxygens (including phenoxy) is 2. The lowest BCUT2D eigenvalue weighted by atomic mass is 9.75. The molecular weight excluding hydrogens is 851 g/mol. The number of unbranched alkanes of at least 4 members (excludes halogenated alkanes) is 15. The van der Waals surface area contributed by atoms with Gasteiger partial charge in [-0.05, 0) is 41.3 Å². The number of aromatic nitrogens is 2. The van der Waals surface area contributed by atoms with Crippen molar-refractivity contribution in [3.8, 4) is 0 Å². The number of nitrogens with zero attached hydrogens (tertiary/aromatic N) is 3. The van der Waals surface area contributed by atoms with E-state index in [4.69, 9.17) is 9.47 Å². The summed E-state index contributed by atoms with van der Waals surface area (Å²) in [5.41, 5.74) is 1.97. The van der Waals surface area contributed by atoms with E-state index in [0.29, 0.717) is 18.7 Å². The molecule has 0 aliphatic carbocycles. The van der Waals surface area contributed by atoms with Gasteiger partial charge in [0.05, 0.1) is 12.0 Å². The van der Waals surface area contributed by atoms with Crippen molar-refractivity contribution in [1.29, 1.82) is 0 Å². The number of carbonyl (C=O) groups is 3. The maximum atomic E-state index is 13.9. The van der Waals surface area contributed by atoms with Gasteiger partial charge in [0.25, 0.3) is 5.91 Å². The fourth-order valence-electron chi connectivity index (χ4n) is 9.36. The largest absolute Gasteiger partial charge is 0.463 e. The number of hydrogen-bond acceptors (Lipinski definition) is 8. The summed E-state index contributed by atoms with van der Waals surface area (Å²) in [4.78, 5) is 59.3. The molecule has 1 saturated heterocycles. The second kappa shape index (κ2) is 28.4.